The number of nitrogens with zero attached hydrogens (tertiary/aromatic N) is 1. The normalized spacial score (nSPS) is 17.1. The minimum Gasteiger partial charge on any atom is -0.392 e. The molecule has 1 aliphatic rings. The van der Waals surface area contributed by atoms with Gasteiger partial charge in [0.1, 0.15) is 0 Å². The first-order valence-corrected chi connectivity index (χ1v) is 7.06. The van der Waals surface area contributed by atoms with E-state index in [2.05, 4.69) is 0 Å². The van der Waals surface area contributed by atoms with Crippen LogP contribution < -0.4 is 5.73 Å². The lowest BCUT2D eigenvalue weighted by Gasteiger charge is -2.31. The molecule has 1 aliphatic carbocycles. The van der Waals surface area contributed by atoms with Gasteiger partial charge in [-0.3, -0.25) is 4.79 Å². The highest BCUT2D eigenvalue weighted by molar-refractivity contribution is 7.80. The maximum absolute atomic E-state index is 12.7. The number of nitrogens with two attached hydrogens (primary N) is 1. The van der Waals surface area contributed by atoms with Crippen LogP contribution in [0.3, 0.4) is 0 Å². The van der Waals surface area contributed by atoms with Crippen molar-refractivity contribution in [1.29, 1.82) is 0 Å². The number of carbonyl (C=O) groups is 1. The molecule has 0 spiro atoms. The van der Waals surface area contributed by atoms with Crippen molar-refractivity contribution in [3.8, 4) is 0 Å². The number of hydrogen-bond donors (Lipinski definition) is 1. The third-order valence-corrected chi connectivity index (χ3v) is 4.34. The van der Waals surface area contributed by atoms with Gasteiger partial charge in [-0.15, -0.1) is 0 Å². The van der Waals surface area contributed by atoms with Crippen LogP contribution in [0.15, 0.2) is 30.3 Å². The Morgan fingerprint density at radius 1 is 1.32 bits per heavy atom. The van der Waals surface area contributed by atoms with Crippen molar-refractivity contribution in [2.75, 3.05) is 7.05 Å². The Balaban J connectivity index is 2.12. The molecule has 1 aromatic carbocycles. The molecule has 3 nitrogen and oxygen atoms in total. The zero-order valence-electron chi connectivity index (χ0n) is 11.3. The molecule has 0 aliphatic heterocycles. The number of amides is 1. The molecular weight excluding hydrogens is 256 g/mol. The van der Waals surface area contributed by atoms with E-state index in [9.17, 15) is 4.79 Å². The fraction of sp³-hybridized carbons (Fsp3) is 0.467. The van der Waals surface area contributed by atoms with Gasteiger partial charge in [-0.1, -0.05) is 55.4 Å². The van der Waals surface area contributed by atoms with Gasteiger partial charge in [0.05, 0.1) is 10.4 Å². The third kappa shape index (κ3) is 2.78. The number of thiocarbonyl (C=S) groups is 1. The fourth-order valence-corrected chi connectivity index (χ4v) is 3.13. The lowest BCUT2D eigenvalue weighted by molar-refractivity contribution is -0.137. The topological polar surface area (TPSA) is 46.3 Å². The molecule has 0 unspecified atom stereocenters. The first kappa shape index (κ1) is 14.0. The van der Waals surface area contributed by atoms with Crippen molar-refractivity contribution >= 4 is 23.1 Å². The summed E-state index contributed by atoms with van der Waals surface area (Å²) in [4.78, 5) is 14.8. The van der Waals surface area contributed by atoms with E-state index >= 15 is 0 Å². The van der Waals surface area contributed by atoms with Crippen molar-refractivity contribution in [2.45, 2.75) is 32.2 Å². The Kier molecular flexibility index (Phi) is 4.20. The summed E-state index contributed by atoms with van der Waals surface area (Å²) >= 11 is 5.16. The summed E-state index contributed by atoms with van der Waals surface area (Å²) < 4.78 is 0. The molecule has 4 heteroatoms. The number of rotatable bonds is 4. The van der Waals surface area contributed by atoms with Crippen LogP contribution in [0.4, 0.5) is 0 Å². The molecule has 0 heterocycles. The molecule has 0 radical (unpaired) electrons. The fourth-order valence-electron chi connectivity index (χ4n) is 2.84. The standard InChI is InChI=1S/C15H20N2OS/c1-17(11-12-7-3-2-4-8-12)14(18)15(13(16)19)9-5-6-10-15/h2-4,7-8H,5-6,9-11H2,1H3,(H2,16,19). The molecule has 0 bridgehead atoms. The van der Waals surface area contributed by atoms with Gasteiger partial charge in [-0.2, -0.15) is 0 Å². The van der Waals surface area contributed by atoms with Gasteiger partial charge in [0.15, 0.2) is 0 Å². The van der Waals surface area contributed by atoms with Gasteiger partial charge in [0.2, 0.25) is 5.91 Å². The number of benzene rings is 1. The highest BCUT2D eigenvalue weighted by Gasteiger charge is 2.45. The summed E-state index contributed by atoms with van der Waals surface area (Å²) in [5.41, 5.74) is 6.37. The Morgan fingerprint density at radius 3 is 2.42 bits per heavy atom. The molecule has 19 heavy (non-hydrogen) atoms. The second-order valence-electron chi connectivity index (χ2n) is 5.30. The van der Waals surface area contributed by atoms with Crippen molar-refractivity contribution in [2.24, 2.45) is 11.1 Å². The highest BCUT2D eigenvalue weighted by atomic mass is 32.1. The molecule has 2 rings (SSSR count). The van der Waals surface area contributed by atoms with Crippen LogP contribution in [-0.4, -0.2) is 22.8 Å². The first-order chi connectivity index (χ1) is 9.06. The van der Waals surface area contributed by atoms with E-state index in [0.717, 1.165) is 31.2 Å². The largest absolute Gasteiger partial charge is 0.392 e. The molecule has 1 saturated carbocycles. The minimum absolute atomic E-state index is 0.0707. The Labute approximate surface area is 119 Å². The minimum atomic E-state index is -0.598. The Bertz CT molecular complexity index is 466. The zero-order chi connectivity index (χ0) is 13.9. The summed E-state index contributed by atoms with van der Waals surface area (Å²) in [6, 6.07) is 9.97. The predicted molar refractivity (Wildman–Crippen MR) is 80.6 cm³/mol. The van der Waals surface area contributed by atoms with Gasteiger partial charge in [0, 0.05) is 13.6 Å². The second kappa shape index (κ2) is 5.70. The van der Waals surface area contributed by atoms with Crippen molar-refractivity contribution in [3.63, 3.8) is 0 Å². The van der Waals surface area contributed by atoms with E-state index in [1.807, 2.05) is 37.4 Å². The van der Waals surface area contributed by atoms with Crippen LogP contribution in [0.25, 0.3) is 0 Å². The summed E-state index contributed by atoms with van der Waals surface area (Å²) in [5, 5.41) is 0. The molecule has 102 valence electrons. The van der Waals surface area contributed by atoms with Crippen LogP contribution in [0.1, 0.15) is 31.2 Å². The van der Waals surface area contributed by atoms with Crippen LogP contribution in [0.5, 0.6) is 0 Å². The monoisotopic (exact) mass is 276 g/mol. The van der Waals surface area contributed by atoms with Crippen LogP contribution >= 0.6 is 12.2 Å². The molecule has 1 amide bonds. The average Bonchev–Trinajstić information content (AvgIpc) is 2.89. The lowest BCUT2D eigenvalue weighted by Crippen LogP contribution is -2.47. The maximum Gasteiger partial charge on any atom is 0.235 e. The van der Waals surface area contributed by atoms with Crippen LogP contribution in [-0.2, 0) is 11.3 Å². The summed E-state index contributed by atoms with van der Waals surface area (Å²) in [5.74, 6) is 0.0707. The Hall–Kier alpha value is -1.42. The van der Waals surface area contributed by atoms with E-state index in [-0.39, 0.29) is 5.91 Å². The molecule has 0 aromatic heterocycles. The SMILES string of the molecule is CN(Cc1ccccc1)C(=O)C1(C(N)=S)CCCC1. The average molecular weight is 276 g/mol. The quantitative estimate of drug-likeness (QED) is 0.859. The van der Waals surface area contributed by atoms with Crippen molar-refractivity contribution in [1.82, 2.24) is 4.90 Å². The maximum atomic E-state index is 12.7. The lowest BCUT2D eigenvalue weighted by atomic mass is 9.84. The molecule has 1 fully saturated rings. The molecule has 0 atom stereocenters. The summed E-state index contributed by atoms with van der Waals surface area (Å²) in [7, 11) is 1.83. The van der Waals surface area contributed by atoms with Crippen LogP contribution in [0.2, 0.25) is 0 Å². The molecular formula is C15H20N2OS. The van der Waals surface area contributed by atoms with Gasteiger partial charge >= 0.3 is 0 Å². The second-order valence-corrected chi connectivity index (χ2v) is 5.74. The van der Waals surface area contributed by atoms with Gasteiger partial charge in [-0.25, -0.2) is 0 Å². The van der Waals surface area contributed by atoms with Crippen molar-refractivity contribution in [3.05, 3.63) is 35.9 Å². The van der Waals surface area contributed by atoms with Crippen LogP contribution in [0, 0.1) is 5.41 Å². The van der Waals surface area contributed by atoms with E-state index in [0.29, 0.717) is 11.5 Å². The van der Waals surface area contributed by atoms with Crippen molar-refractivity contribution < 1.29 is 4.79 Å². The first-order valence-electron chi connectivity index (χ1n) is 6.66. The molecule has 2 N–H and O–H groups in total. The predicted octanol–water partition coefficient (Wildman–Crippen LogP) is 2.49. The highest BCUT2D eigenvalue weighted by Crippen LogP contribution is 2.40. The summed E-state index contributed by atoms with van der Waals surface area (Å²) in [6.45, 7) is 0.601. The third-order valence-electron chi connectivity index (χ3n) is 3.95. The molecule has 1 aromatic rings. The zero-order valence-corrected chi connectivity index (χ0v) is 12.1. The van der Waals surface area contributed by atoms with E-state index < -0.39 is 5.41 Å². The number of hydrogen-bond acceptors (Lipinski definition) is 2. The van der Waals surface area contributed by atoms with E-state index in [4.69, 9.17) is 18.0 Å². The van der Waals surface area contributed by atoms with Gasteiger partial charge in [-0.05, 0) is 18.4 Å². The van der Waals surface area contributed by atoms with E-state index in [1.165, 1.54) is 0 Å². The van der Waals surface area contributed by atoms with E-state index in [1.54, 1.807) is 4.90 Å². The number of carbonyl (C=O) groups excluding carboxylic acids is 1. The van der Waals surface area contributed by atoms with Gasteiger partial charge < -0.3 is 10.6 Å². The Morgan fingerprint density at radius 2 is 1.89 bits per heavy atom. The van der Waals surface area contributed by atoms with Gasteiger partial charge in [0.25, 0.3) is 0 Å². The molecule has 0 saturated heterocycles. The summed E-state index contributed by atoms with van der Waals surface area (Å²) in [6.07, 6.45) is 3.64. The smallest absolute Gasteiger partial charge is 0.235 e.